The van der Waals surface area contributed by atoms with Gasteiger partial charge in [0.15, 0.2) is 0 Å². The molecule has 1 aromatic carbocycles. The SMILES string of the molecule is COCCNC(=O)C(C)(C)C(=O)Nc1cc(Cl)ccc1Cl. The molecule has 0 heterocycles. The summed E-state index contributed by atoms with van der Waals surface area (Å²) in [4.78, 5) is 24.3. The lowest BCUT2D eigenvalue weighted by atomic mass is 9.91. The summed E-state index contributed by atoms with van der Waals surface area (Å²) in [6.07, 6.45) is 0. The van der Waals surface area contributed by atoms with Crippen molar-refractivity contribution in [3.05, 3.63) is 28.2 Å². The molecule has 0 spiro atoms. The van der Waals surface area contributed by atoms with Crippen LogP contribution in [0.15, 0.2) is 18.2 Å². The Morgan fingerprint density at radius 2 is 1.90 bits per heavy atom. The van der Waals surface area contributed by atoms with Crippen LogP contribution in [0.25, 0.3) is 0 Å². The standard InChI is InChI=1S/C14H18Cl2N2O3/c1-14(2,12(19)17-6-7-21-3)13(20)18-11-8-9(15)4-5-10(11)16/h4-5,8H,6-7H2,1-3H3,(H,17,19)(H,18,20). The van der Waals surface area contributed by atoms with Crippen LogP contribution in [0.3, 0.4) is 0 Å². The molecule has 0 saturated carbocycles. The second-order valence-electron chi connectivity index (χ2n) is 4.95. The highest BCUT2D eigenvalue weighted by molar-refractivity contribution is 6.35. The maximum Gasteiger partial charge on any atom is 0.239 e. The van der Waals surface area contributed by atoms with Gasteiger partial charge in [0.2, 0.25) is 11.8 Å². The lowest BCUT2D eigenvalue weighted by Crippen LogP contribution is -2.46. The Kier molecular flexibility index (Phi) is 6.45. The lowest BCUT2D eigenvalue weighted by molar-refractivity contribution is -0.138. The molecular formula is C14H18Cl2N2O3. The number of nitrogens with one attached hydrogen (secondary N) is 2. The lowest BCUT2D eigenvalue weighted by Gasteiger charge is -2.23. The Labute approximate surface area is 133 Å². The van der Waals surface area contributed by atoms with E-state index in [2.05, 4.69) is 10.6 Å². The van der Waals surface area contributed by atoms with Gasteiger partial charge in [0.25, 0.3) is 0 Å². The first-order chi connectivity index (χ1) is 9.78. The van der Waals surface area contributed by atoms with E-state index in [9.17, 15) is 9.59 Å². The quantitative estimate of drug-likeness (QED) is 0.621. The summed E-state index contributed by atoms with van der Waals surface area (Å²) in [6.45, 7) is 3.78. The predicted octanol–water partition coefficient (Wildman–Crippen LogP) is 2.72. The maximum absolute atomic E-state index is 12.3. The van der Waals surface area contributed by atoms with E-state index in [0.717, 1.165) is 0 Å². The molecular weight excluding hydrogens is 315 g/mol. The summed E-state index contributed by atoms with van der Waals surface area (Å²) in [5.41, 5.74) is -0.883. The van der Waals surface area contributed by atoms with Crippen LogP contribution in [0.1, 0.15) is 13.8 Å². The van der Waals surface area contributed by atoms with Crippen LogP contribution in [0, 0.1) is 5.41 Å². The first-order valence-electron chi connectivity index (χ1n) is 6.32. The Morgan fingerprint density at radius 3 is 2.52 bits per heavy atom. The highest BCUT2D eigenvalue weighted by Crippen LogP contribution is 2.27. The molecule has 0 saturated heterocycles. The zero-order chi connectivity index (χ0) is 16.0. The third-order valence-corrected chi connectivity index (χ3v) is 3.47. The van der Waals surface area contributed by atoms with Crippen LogP contribution in [-0.4, -0.2) is 32.1 Å². The molecule has 5 nitrogen and oxygen atoms in total. The van der Waals surface area contributed by atoms with Crippen molar-refractivity contribution < 1.29 is 14.3 Å². The van der Waals surface area contributed by atoms with Crippen LogP contribution in [-0.2, 0) is 14.3 Å². The summed E-state index contributed by atoms with van der Waals surface area (Å²) in [6, 6.07) is 4.72. The van der Waals surface area contributed by atoms with Crippen LogP contribution in [0.2, 0.25) is 10.0 Å². The molecule has 0 unspecified atom stereocenters. The molecule has 0 radical (unpaired) electrons. The molecule has 0 aliphatic rings. The van der Waals surface area contributed by atoms with Crippen LogP contribution < -0.4 is 10.6 Å². The number of rotatable bonds is 6. The second kappa shape index (κ2) is 7.64. The topological polar surface area (TPSA) is 67.4 Å². The molecule has 2 amide bonds. The molecule has 0 atom stereocenters. The molecule has 0 bridgehead atoms. The van der Waals surface area contributed by atoms with E-state index in [1.54, 1.807) is 12.1 Å². The number of methoxy groups -OCH3 is 1. The van der Waals surface area contributed by atoms with E-state index in [4.69, 9.17) is 27.9 Å². The van der Waals surface area contributed by atoms with Crippen molar-refractivity contribution in [2.45, 2.75) is 13.8 Å². The third-order valence-electron chi connectivity index (χ3n) is 2.90. The average molecular weight is 333 g/mol. The van der Waals surface area contributed by atoms with E-state index < -0.39 is 17.2 Å². The van der Waals surface area contributed by atoms with E-state index in [1.807, 2.05) is 0 Å². The smallest absolute Gasteiger partial charge is 0.239 e. The Balaban J connectivity index is 2.76. The number of anilines is 1. The summed E-state index contributed by atoms with van der Waals surface area (Å²) in [5, 5.41) is 6.04. The van der Waals surface area contributed by atoms with Gasteiger partial charge in [-0.3, -0.25) is 9.59 Å². The largest absolute Gasteiger partial charge is 0.383 e. The number of ether oxygens (including phenoxy) is 1. The molecule has 0 aliphatic carbocycles. The monoisotopic (exact) mass is 332 g/mol. The van der Waals surface area contributed by atoms with Gasteiger partial charge in [-0.1, -0.05) is 23.2 Å². The normalized spacial score (nSPS) is 11.1. The Hall–Kier alpha value is -1.30. The van der Waals surface area contributed by atoms with Crippen LogP contribution >= 0.6 is 23.2 Å². The summed E-state index contributed by atoms with van der Waals surface area (Å²) in [5.74, 6) is -0.864. The number of benzene rings is 1. The molecule has 2 N–H and O–H groups in total. The van der Waals surface area contributed by atoms with Gasteiger partial charge in [0.05, 0.1) is 17.3 Å². The van der Waals surface area contributed by atoms with Crippen LogP contribution in [0.4, 0.5) is 5.69 Å². The molecule has 0 fully saturated rings. The highest BCUT2D eigenvalue weighted by Gasteiger charge is 2.36. The van der Waals surface area contributed by atoms with Gasteiger partial charge in [-0.25, -0.2) is 0 Å². The van der Waals surface area contributed by atoms with Crippen molar-refractivity contribution in [2.24, 2.45) is 5.41 Å². The number of halogens is 2. The van der Waals surface area contributed by atoms with Gasteiger partial charge in [-0.2, -0.15) is 0 Å². The molecule has 0 aliphatic heterocycles. The highest BCUT2D eigenvalue weighted by atomic mass is 35.5. The Morgan fingerprint density at radius 1 is 1.24 bits per heavy atom. The minimum atomic E-state index is -1.25. The molecule has 1 rings (SSSR count). The third kappa shape index (κ3) is 4.88. The number of carbonyl (C=O) groups excluding carboxylic acids is 2. The summed E-state index contributed by atoms with van der Waals surface area (Å²) in [7, 11) is 1.53. The zero-order valence-corrected chi connectivity index (χ0v) is 13.6. The molecule has 21 heavy (non-hydrogen) atoms. The number of hydrogen-bond donors (Lipinski definition) is 2. The molecule has 1 aromatic rings. The fourth-order valence-corrected chi connectivity index (χ4v) is 1.80. The van der Waals surface area contributed by atoms with E-state index in [-0.39, 0.29) is 0 Å². The van der Waals surface area contributed by atoms with Crippen molar-refractivity contribution in [2.75, 3.05) is 25.6 Å². The van der Waals surface area contributed by atoms with Gasteiger partial charge < -0.3 is 15.4 Å². The predicted molar refractivity (Wildman–Crippen MR) is 83.8 cm³/mol. The maximum atomic E-state index is 12.3. The fraction of sp³-hybridized carbons (Fsp3) is 0.429. The first kappa shape index (κ1) is 17.8. The van der Waals surface area contributed by atoms with Gasteiger partial charge in [-0.05, 0) is 32.0 Å². The minimum absolute atomic E-state index is 0.337. The van der Waals surface area contributed by atoms with Crippen molar-refractivity contribution in [1.29, 1.82) is 0 Å². The van der Waals surface area contributed by atoms with Crippen molar-refractivity contribution in [1.82, 2.24) is 5.32 Å². The fourth-order valence-electron chi connectivity index (χ4n) is 1.46. The van der Waals surface area contributed by atoms with E-state index in [1.165, 1.54) is 27.0 Å². The molecule has 0 aromatic heterocycles. The van der Waals surface area contributed by atoms with Crippen LogP contribution in [0.5, 0.6) is 0 Å². The van der Waals surface area contributed by atoms with Crippen molar-refractivity contribution in [3.63, 3.8) is 0 Å². The van der Waals surface area contributed by atoms with Gasteiger partial charge in [0, 0.05) is 18.7 Å². The van der Waals surface area contributed by atoms with Gasteiger partial charge in [0.1, 0.15) is 5.41 Å². The first-order valence-corrected chi connectivity index (χ1v) is 7.08. The zero-order valence-electron chi connectivity index (χ0n) is 12.1. The van der Waals surface area contributed by atoms with Gasteiger partial charge >= 0.3 is 0 Å². The molecule has 116 valence electrons. The summed E-state index contributed by atoms with van der Waals surface area (Å²) < 4.78 is 4.84. The van der Waals surface area contributed by atoms with Crippen molar-refractivity contribution in [3.8, 4) is 0 Å². The minimum Gasteiger partial charge on any atom is -0.383 e. The van der Waals surface area contributed by atoms with Crippen molar-refractivity contribution >= 4 is 40.7 Å². The average Bonchev–Trinajstić information content (AvgIpc) is 2.42. The van der Waals surface area contributed by atoms with Gasteiger partial charge in [-0.15, -0.1) is 0 Å². The second-order valence-corrected chi connectivity index (χ2v) is 5.80. The molecule has 7 heteroatoms. The number of amides is 2. The van der Waals surface area contributed by atoms with E-state index >= 15 is 0 Å². The summed E-state index contributed by atoms with van der Waals surface area (Å²) >= 11 is 11.8. The number of hydrogen-bond acceptors (Lipinski definition) is 3. The van der Waals surface area contributed by atoms with E-state index in [0.29, 0.717) is 28.9 Å². The number of carbonyl (C=O) groups is 2. The Bertz CT molecular complexity index is 533.